The zero-order valence-electron chi connectivity index (χ0n) is 14.9. The standard InChI is InChI=1S/C20H26BrNO2.ClH/c1-3-5-11-24-20-13-18(21)17(12-19(20)23-4-2)15-22-14-16-9-7-6-8-10-16;/h6-10,12-13,22H,3-5,11,14-15H2,1-2H3;1H. The number of halogens is 2. The minimum atomic E-state index is 0. The molecule has 0 spiro atoms. The van der Waals surface area contributed by atoms with E-state index in [1.807, 2.05) is 19.1 Å². The largest absolute Gasteiger partial charge is 0.490 e. The first kappa shape index (κ1) is 21.8. The number of ether oxygens (including phenoxy) is 2. The summed E-state index contributed by atoms with van der Waals surface area (Å²) >= 11 is 3.65. The molecular formula is C20H27BrClNO2. The summed E-state index contributed by atoms with van der Waals surface area (Å²) in [6, 6.07) is 14.5. The highest BCUT2D eigenvalue weighted by Gasteiger charge is 2.11. The highest BCUT2D eigenvalue weighted by atomic mass is 79.9. The van der Waals surface area contributed by atoms with Gasteiger partial charge in [0.15, 0.2) is 11.5 Å². The van der Waals surface area contributed by atoms with Crippen LogP contribution in [0.2, 0.25) is 0 Å². The third kappa shape index (κ3) is 7.27. The second-order valence-electron chi connectivity index (χ2n) is 5.61. The third-order valence-electron chi connectivity index (χ3n) is 3.66. The summed E-state index contributed by atoms with van der Waals surface area (Å²) < 4.78 is 12.7. The topological polar surface area (TPSA) is 30.5 Å². The van der Waals surface area contributed by atoms with E-state index in [1.54, 1.807) is 0 Å². The normalized spacial score (nSPS) is 10.2. The van der Waals surface area contributed by atoms with Crippen molar-refractivity contribution in [2.24, 2.45) is 0 Å². The van der Waals surface area contributed by atoms with E-state index in [-0.39, 0.29) is 12.4 Å². The van der Waals surface area contributed by atoms with Crippen molar-refractivity contribution in [1.29, 1.82) is 0 Å². The van der Waals surface area contributed by atoms with Crippen molar-refractivity contribution < 1.29 is 9.47 Å². The van der Waals surface area contributed by atoms with E-state index < -0.39 is 0 Å². The molecule has 5 heteroatoms. The summed E-state index contributed by atoms with van der Waals surface area (Å²) in [6.45, 7) is 7.10. The quantitative estimate of drug-likeness (QED) is 0.490. The van der Waals surface area contributed by atoms with E-state index in [9.17, 15) is 0 Å². The van der Waals surface area contributed by atoms with Gasteiger partial charge in [0.1, 0.15) is 0 Å². The molecule has 0 aliphatic rings. The number of nitrogens with one attached hydrogen (secondary N) is 1. The summed E-state index contributed by atoms with van der Waals surface area (Å²) in [5, 5.41) is 3.47. The first-order valence-electron chi connectivity index (χ1n) is 8.57. The Morgan fingerprint density at radius 2 is 1.68 bits per heavy atom. The molecule has 0 atom stereocenters. The lowest BCUT2D eigenvalue weighted by Crippen LogP contribution is -2.13. The first-order chi connectivity index (χ1) is 11.7. The molecule has 0 heterocycles. The Morgan fingerprint density at radius 1 is 0.960 bits per heavy atom. The van der Waals surface area contributed by atoms with Gasteiger partial charge in [0.25, 0.3) is 0 Å². The lowest BCUT2D eigenvalue weighted by Gasteiger charge is -2.15. The maximum absolute atomic E-state index is 5.86. The first-order valence-corrected chi connectivity index (χ1v) is 9.36. The van der Waals surface area contributed by atoms with Gasteiger partial charge in [-0.2, -0.15) is 0 Å². The fourth-order valence-electron chi connectivity index (χ4n) is 2.36. The molecule has 0 radical (unpaired) electrons. The number of rotatable bonds is 10. The minimum absolute atomic E-state index is 0. The van der Waals surface area contributed by atoms with Crippen LogP contribution >= 0.6 is 28.3 Å². The maximum Gasteiger partial charge on any atom is 0.162 e. The molecule has 0 aromatic heterocycles. The summed E-state index contributed by atoms with van der Waals surface area (Å²) in [4.78, 5) is 0. The lowest BCUT2D eigenvalue weighted by atomic mass is 10.2. The molecule has 0 unspecified atom stereocenters. The van der Waals surface area contributed by atoms with Gasteiger partial charge in [-0.1, -0.05) is 59.6 Å². The van der Waals surface area contributed by atoms with Crippen molar-refractivity contribution in [2.45, 2.75) is 39.8 Å². The van der Waals surface area contributed by atoms with Crippen molar-refractivity contribution in [2.75, 3.05) is 13.2 Å². The highest BCUT2D eigenvalue weighted by Crippen LogP contribution is 2.34. The third-order valence-corrected chi connectivity index (χ3v) is 4.39. The predicted molar refractivity (Wildman–Crippen MR) is 110 cm³/mol. The SMILES string of the molecule is CCCCOc1cc(Br)c(CNCc2ccccc2)cc1OCC.Cl. The van der Waals surface area contributed by atoms with Crippen LogP contribution in [0.3, 0.4) is 0 Å². The molecule has 0 aliphatic heterocycles. The number of unbranched alkanes of at least 4 members (excludes halogenated alkanes) is 1. The summed E-state index contributed by atoms with van der Waals surface area (Å²) in [7, 11) is 0. The zero-order valence-corrected chi connectivity index (χ0v) is 17.3. The van der Waals surface area contributed by atoms with Gasteiger partial charge in [-0.15, -0.1) is 12.4 Å². The average molecular weight is 429 g/mol. The Kier molecular flexibility index (Phi) is 10.6. The van der Waals surface area contributed by atoms with Crippen molar-refractivity contribution in [3.63, 3.8) is 0 Å². The van der Waals surface area contributed by atoms with Crippen molar-refractivity contribution in [1.82, 2.24) is 5.32 Å². The molecule has 0 amide bonds. The molecule has 3 nitrogen and oxygen atoms in total. The predicted octanol–water partition coefficient (Wildman–Crippen LogP) is 5.74. The van der Waals surface area contributed by atoms with Crippen molar-refractivity contribution >= 4 is 28.3 Å². The van der Waals surface area contributed by atoms with Gasteiger partial charge in [-0.25, -0.2) is 0 Å². The summed E-state index contributed by atoms with van der Waals surface area (Å²) in [5.74, 6) is 1.62. The monoisotopic (exact) mass is 427 g/mol. The molecule has 0 fully saturated rings. The Bertz CT molecular complexity index is 623. The number of hydrogen-bond acceptors (Lipinski definition) is 3. The van der Waals surface area contributed by atoms with Crippen LogP contribution in [-0.2, 0) is 13.1 Å². The van der Waals surface area contributed by atoms with Gasteiger partial charge in [0, 0.05) is 17.6 Å². The van der Waals surface area contributed by atoms with Crippen LogP contribution in [0.15, 0.2) is 46.9 Å². The molecule has 2 rings (SSSR count). The Balaban J connectivity index is 0.00000312. The van der Waals surface area contributed by atoms with E-state index in [0.29, 0.717) is 13.2 Å². The second-order valence-corrected chi connectivity index (χ2v) is 6.47. The van der Waals surface area contributed by atoms with Crippen LogP contribution in [-0.4, -0.2) is 13.2 Å². The molecule has 1 N–H and O–H groups in total. The number of benzene rings is 2. The minimum Gasteiger partial charge on any atom is -0.490 e. The van der Waals surface area contributed by atoms with Gasteiger partial charge in [-0.05, 0) is 36.6 Å². The molecule has 2 aromatic rings. The highest BCUT2D eigenvalue weighted by molar-refractivity contribution is 9.10. The van der Waals surface area contributed by atoms with E-state index in [1.165, 1.54) is 5.56 Å². The Hall–Kier alpha value is -1.23. The summed E-state index contributed by atoms with van der Waals surface area (Å²) in [5.41, 5.74) is 2.44. The summed E-state index contributed by atoms with van der Waals surface area (Å²) in [6.07, 6.45) is 2.16. The van der Waals surface area contributed by atoms with Crippen LogP contribution in [0.25, 0.3) is 0 Å². The molecule has 0 aliphatic carbocycles. The van der Waals surface area contributed by atoms with Gasteiger partial charge in [-0.3, -0.25) is 0 Å². The van der Waals surface area contributed by atoms with E-state index in [4.69, 9.17) is 9.47 Å². The Morgan fingerprint density at radius 3 is 2.36 bits per heavy atom. The molecular weight excluding hydrogens is 402 g/mol. The molecule has 138 valence electrons. The zero-order chi connectivity index (χ0) is 17.2. The molecule has 2 aromatic carbocycles. The molecule has 0 bridgehead atoms. The fourth-order valence-corrected chi connectivity index (χ4v) is 2.82. The Labute approximate surface area is 165 Å². The maximum atomic E-state index is 5.86. The van der Waals surface area contributed by atoms with Crippen LogP contribution in [0.5, 0.6) is 11.5 Å². The fraction of sp³-hybridized carbons (Fsp3) is 0.400. The molecule has 25 heavy (non-hydrogen) atoms. The lowest BCUT2D eigenvalue weighted by molar-refractivity contribution is 0.272. The van der Waals surface area contributed by atoms with E-state index in [0.717, 1.165) is 47.5 Å². The second kappa shape index (κ2) is 12.2. The van der Waals surface area contributed by atoms with Crippen molar-refractivity contribution in [3.05, 3.63) is 58.1 Å². The molecule has 0 saturated heterocycles. The molecule has 0 saturated carbocycles. The van der Waals surface area contributed by atoms with Gasteiger partial charge < -0.3 is 14.8 Å². The van der Waals surface area contributed by atoms with E-state index >= 15 is 0 Å². The van der Waals surface area contributed by atoms with Crippen LogP contribution in [0, 0.1) is 0 Å². The number of hydrogen-bond donors (Lipinski definition) is 1. The van der Waals surface area contributed by atoms with Crippen LogP contribution in [0.1, 0.15) is 37.8 Å². The van der Waals surface area contributed by atoms with Gasteiger partial charge in [0.2, 0.25) is 0 Å². The smallest absolute Gasteiger partial charge is 0.162 e. The van der Waals surface area contributed by atoms with Gasteiger partial charge in [0.05, 0.1) is 13.2 Å². The van der Waals surface area contributed by atoms with Crippen molar-refractivity contribution in [3.8, 4) is 11.5 Å². The van der Waals surface area contributed by atoms with Crippen LogP contribution < -0.4 is 14.8 Å². The van der Waals surface area contributed by atoms with E-state index in [2.05, 4.69) is 58.5 Å². The van der Waals surface area contributed by atoms with Crippen LogP contribution in [0.4, 0.5) is 0 Å². The average Bonchev–Trinajstić information content (AvgIpc) is 2.59. The van der Waals surface area contributed by atoms with Gasteiger partial charge >= 0.3 is 0 Å².